The van der Waals surface area contributed by atoms with Gasteiger partial charge in [-0.05, 0) is 88.1 Å². The van der Waals surface area contributed by atoms with Crippen molar-refractivity contribution in [2.24, 2.45) is 0 Å². The number of rotatable bonds is 11. The second kappa shape index (κ2) is 13.7. The molecule has 2 unspecified atom stereocenters. The molecule has 3 aromatic carbocycles. The van der Waals surface area contributed by atoms with Crippen molar-refractivity contribution in [2.75, 3.05) is 10.8 Å². The lowest BCUT2D eigenvalue weighted by Crippen LogP contribution is -2.52. The molecule has 0 spiro atoms. The number of aryl methyl sites for hydroxylation is 3. The summed E-state index contributed by atoms with van der Waals surface area (Å²) in [4.78, 5) is 28.7. The molecular formula is C31H37Cl2N3O4S. The average molecular weight is 619 g/mol. The number of nitrogens with zero attached hydrogens (tertiary/aromatic N) is 2. The van der Waals surface area contributed by atoms with E-state index in [1.54, 1.807) is 50.2 Å². The number of benzene rings is 3. The second-order valence-electron chi connectivity index (χ2n) is 10.4. The zero-order chi connectivity index (χ0) is 30.5. The molecule has 3 rings (SSSR count). The number of halogens is 2. The monoisotopic (exact) mass is 617 g/mol. The van der Waals surface area contributed by atoms with Gasteiger partial charge in [0.25, 0.3) is 10.0 Å². The van der Waals surface area contributed by atoms with Crippen LogP contribution in [0.15, 0.2) is 65.6 Å². The van der Waals surface area contributed by atoms with Crippen LogP contribution in [0.25, 0.3) is 0 Å². The van der Waals surface area contributed by atoms with Crippen molar-refractivity contribution in [3.05, 3.63) is 93.0 Å². The lowest BCUT2D eigenvalue weighted by atomic mass is 10.1. The first-order valence-corrected chi connectivity index (χ1v) is 15.6. The highest BCUT2D eigenvalue weighted by molar-refractivity contribution is 7.92. The molecule has 0 bridgehead atoms. The van der Waals surface area contributed by atoms with Crippen molar-refractivity contribution in [2.45, 2.75) is 71.5 Å². The van der Waals surface area contributed by atoms with E-state index in [2.05, 4.69) is 5.32 Å². The molecule has 0 aliphatic rings. The molecule has 0 saturated heterocycles. The van der Waals surface area contributed by atoms with Crippen LogP contribution in [0.4, 0.5) is 5.69 Å². The van der Waals surface area contributed by atoms with E-state index >= 15 is 0 Å². The third-order valence-corrected chi connectivity index (χ3v) is 9.41. The van der Waals surface area contributed by atoms with Crippen molar-refractivity contribution >= 4 is 50.7 Å². The predicted octanol–water partition coefficient (Wildman–Crippen LogP) is 6.45. The van der Waals surface area contributed by atoms with E-state index < -0.39 is 28.5 Å². The van der Waals surface area contributed by atoms with Crippen LogP contribution in [-0.2, 0) is 26.2 Å². The minimum absolute atomic E-state index is 0.0187. The lowest BCUT2D eigenvalue weighted by molar-refractivity contribution is -0.139. The van der Waals surface area contributed by atoms with Crippen molar-refractivity contribution in [1.29, 1.82) is 0 Å². The van der Waals surface area contributed by atoms with Crippen molar-refractivity contribution in [3.63, 3.8) is 0 Å². The summed E-state index contributed by atoms with van der Waals surface area (Å²) in [5, 5.41) is 3.69. The standard InChI is InChI=1S/C31H37Cl2N3O4S/c1-7-23(5)34-31(38)24(6)35(18-25-12-13-26(32)17-28(25)33)30(37)19-36(29-16-21(3)8-11-22(29)4)41(39,40)27-14-9-20(2)10-15-27/h8-17,23-24H,7,18-19H2,1-6H3,(H,34,38). The van der Waals surface area contributed by atoms with Gasteiger partial charge in [0.05, 0.1) is 10.6 Å². The number of hydrogen-bond acceptors (Lipinski definition) is 4. The smallest absolute Gasteiger partial charge is 0.264 e. The summed E-state index contributed by atoms with van der Waals surface area (Å²) in [6.45, 7) is 10.4. The van der Waals surface area contributed by atoms with Gasteiger partial charge in [-0.25, -0.2) is 8.42 Å². The first-order valence-electron chi connectivity index (χ1n) is 13.4. The molecule has 3 aromatic rings. The van der Waals surface area contributed by atoms with Gasteiger partial charge in [-0.1, -0.05) is 66.0 Å². The van der Waals surface area contributed by atoms with Crippen LogP contribution in [0.1, 0.15) is 49.4 Å². The molecule has 7 nitrogen and oxygen atoms in total. The van der Waals surface area contributed by atoms with E-state index in [0.717, 1.165) is 15.4 Å². The minimum atomic E-state index is -4.15. The Morgan fingerprint density at radius 1 is 0.902 bits per heavy atom. The molecule has 2 amide bonds. The number of amides is 2. The van der Waals surface area contributed by atoms with Crippen LogP contribution in [0, 0.1) is 20.8 Å². The Balaban J connectivity index is 2.09. The third kappa shape index (κ3) is 8.03. The number of sulfonamides is 1. The van der Waals surface area contributed by atoms with Crippen LogP contribution >= 0.6 is 23.2 Å². The van der Waals surface area contributed by atoms with Gasteiger partial charge in [-0.3, -0.25) is 13.9 Å². The second-order valence-corrected chi connectivity index (χ2v) is 13.1. The summed E-state index contributed by atoms with van der Waals surface area (Å²) in [6, 6.07) is 15.8. The topological polar surface area (TPSA) is 86.8 Å². The molecule has 0 aliphatic carbocycles. The van der Waals surface area contributed by atoms with Crippen LogP contribution < -0.4 is 9.62 Å². The van der Waals surface area contributed by atoms with Crippen LogP contribution in [0.2, 0.25) is 10.0 Å². The highest BCUT2D eigenvalue weighted by Gasteiger charge is 2.33. The Kier molecular flexibility index (Phi) is 10.9. The van der Waals surface area contributed by atoms with Gasteiger partial charge in [0, 0.05) is 22.6 Å². The number of nitrogens with one attached hydrogen (secondary N) is 1. The number of carbonyl (C=O) groups excluding carboxylic acids is 2. The summed E-state index contributed by atoms with van der Waals surface area (Å²) < 4.78 is 29.2. The van der Waals surface area contributed by atoms with Crippen LogP contribution in [0.5, 0.6) is 0 Å². The lowest BCUT2D eigenvalue weighted by Gasteiger charge is -2.33. The zero-order valence-corrected chi connectivity index (χ0v) is 26.6. The van der Waals surface area contributed by atoms with Crippen LogP contribution in [0.3, 0.4) is 0 Å². The van der Waals surface area contributed by atoms with Crippen LogP contribution in [-0.4, -0.2) is 43.8 Å². The molecule has 0 fully saturated rings. The molecule has 0 radical (unpaired) electrons. The molecule has 0 aromatic heterocycles. The fourth-order valence-electron chi connectivity index (χ4n) is 4.22. The van der Waals surface area contributed by atoms with E-state index in [1.807, 2.05) is 39.8 Å². The highest BCUT2D eigenvalue weighted by Crippen LogP contribution is 2.29. The highest BCUT2D eigenvalue weighted by atomic mass is 35.5. The number of carbonyl (C=O) groups is 2. The fraction of sp³-hybridized carbons (Fsp3) is 0.355. The Labute approximate surface area is 253 Å². The Morgan fingerprint density at radius 3 is 2.15 bits per heavy atom. The average Bonchev–Trinajstić information content (AvgIpc) is 2.92. The van der Waals surface area contributed by atoms with Gasteiger partial charge < -0.3 is 10.2 Å². The van der Waals surface area contributed by atoms with Crippen molar-refractivity contribution < 1.29 is 18.0 Å². The number of hydrogen-bond donors (Lipinski definition) is 1. The fourth-order valence-corrected chi connectivity index (χ4v) is 6.16. The van der Waals surface area contributed by atoms with Gasteiger partial charge in [-0.15, -0.1) is 0 Å². The first-order chi connectivity index (χ1) is 19.2. The largest absolute Gasteiger partial charge is 0.352 e. The first kappa shape index (κ1) is 32.4. The molecule has 41 heavy (non-hydrogen) atoms. The number of anilines is 1. The van der Waals surface area contributed by atoms with E-state index in [9.17, 15) is 18.0 Å². The van der Waals surface area contributed by atoms with Crippen molar-refractivity contribution in [3.8, 4) is 0 Å². The van der Waals surface area contributed by atoms with Crippen molar-refractivity contribution in [1.82, 2.24) is 10.2 Å². The molecule has 10 heteroatoms. The van der Waals surface area contributed by atoms with Gasteiger partial charge in [0.1, 0.15) is 12.6 Å². The molecule has 0 heterocycles. The van der Waals surface area contributed by atoms with Gasteiger partial charge in [-0.2, -0.15) is 0 Å². The van der Waals surface area contributed by atoms with E-state index in [1.165, 1.54) is 17.0 Å². The normalized spacial score (nSPS) is 12.9. The van der Waals surface area contributed by atoms with Gasteiger partial charge >= 0.3 is 0 Å². The molecule has 0 saturated carbocycles. The third-order valence-electron chi connectivity index (χ3n) is 7.05. The van der Waals surface area contributed by atoms with Gasteiger partial charge in [0.2, 0.25) is 11.8 Å². The molecule has 220 valence electrons. The predicted molar refractivity (Wildman–Crippen MR) is 166 cm³/mol. The minimum Gasteiger partial charge on any atom is -0.352 e. The summed E-state index contributed by atoms with van der Waals surface area (Å²) in [5.74, 6) is -0.906. The molecule has 2 atom stereocenters. The Morgan fingerprint density at radius 2 is 1.54 bits per heavy atom. The summed E-state index contributed by atoms with van der Waals surface area (Å²) in [7, 11) is -4.15. The van der Waals surface area contributed by atoms with E-state index in [4.69, 9.17) is 23.2 Å². The molecule has 1 N–H and O–H groups in total. The summed E-state index contributed by atoms with van der Waals surface area (Å²) in [6.07, 6.45) is 0.713. The summed E-state index contributed by atoms with van der Waals surface area (Å²) in [5.41, 5.74) is 3.40. The molecular weight excluding hydrogens is 581 g/mol. The SMILES string of the molecule is CCC(C)NC(=O)C(C)N(Cc1ccc(Cl)cc1Cl)C(=O)CN(c1cc(C)ccc1C)S(=O)(=O)c1ccc(C)cc1. The van der Waals surface area contributed by atoms with E-state index in [-0.39, 0.29) is 23.4 Å². The van der Waals surface area contributed by atoms with Gasteiger partial charge in [0.15, 0.2) is 0 Å². The van der Waals surface area contributed by atoms with E-state index in [0.29, 0.717) is 33.3 Å². The zero-order valence-electron chi connectivity index (χ0n) is 24.2. The maximum absolute atomic E-state index is 14.1. The quantitative estimate of drug-likeness (QED) is 0.268. The Hall–Kier alpha value is -3.07. The maximum Gasteiger partial charge on any atom is 0.264 e. The maximum atomic E-state index is 14.1. The molecule has 0 aliphatic heterocycles. The Bertz CT molecular complexity index is 1510. The summed E-state index contributed by atoms with van der Waals surface area (Å²) >= 11 is 12.5.